The number of hydrogen-bond donors (Lipinski definition) is 5. The highest BCUT2D eigenvalue weighted by atomic mass is 16.5. The lowest BCUT2D eigenvalue weighted by molar-refractivity contribution is -0.379. The highest BCUT2D eigenvalue weighted by Crippen LogP contribution is 2.50. The third kappa shape index (κ3) is 1.92. The summed E-state index contributed by atoms with van der Waals surface area (Å²) in [4.78, 5) is 1.36. The summed E-state index contributed by atoms with van der Waals surface area (Å²) in [5.41, 5.74) is -4.14. The van der Waals surface area contributed by atoms with Crippen LogP contribution < -0.4 is 0 Å². The fraction of sp³-hybridized carbons (Fsp3) is 0.571. The van der Waals surface area contributed by atoms with E-state index in [9.17, 15) is 25.5 Å². The van der Waals surface area contributed by atoms with Gasteiger partial charge in [0.1, 0.15) is 5.75 Å². The monoisotopic (exact) mass is 283 g/mol. The molecule has 0 aromatic heterocycles. The number of benzene rings is 1. The molecule has 2 atom stereocenters. The zero-order chi connectivity index (χ0) is 15.2. The Morgan fingerprint density at radius 3 is 2.25 bits per heavy atom. The van der Waals surface area contributed by atoms with Gasteiger partial charge in [-0.3, -0.25) is 4.90 Å². The maximum Gasteiger partial charge on any atom is 0.201 e. The number of likely N-dealkylation sites (N-methyl/N-ethyl adjacent to an activating group) is 1. The standard InChI is InChI=1S/C14H21NO5/c1-15(2)12(17)7-4-8-13(18,19)14(12,20)10-5-3-6-11(16)9-10/h3,5-6,9,16-20H,4,7-8H2,1-2H3/t12-,14+/m0/s1. The van der Waals surface area contributed by atoms with Crippen molar-refractivity contribution in [2.75, 3.05) is 14.1 Å². The number of aliphatic hydroxyl groups is 4. The molecule has 0 heterocycles. The number of aromatic hydroxyl groups is 1. The lowest BCUT2D eigenvalue weighted by atomic mass is 9.68. The predicted molar refractivity (Wildman–Crippen MR) is 71.7 cm³/mol. The van der Waals surface area contributed by atoms with E-state index in [1.807, 2.05) is 0 Å². The summed E-state index contributed by atoms with van der Waals surface area (Å²) in [6.07, 6.45) is 0.452. The van der Waals surface area contributed by atoms with Gasteiger partial charge in [0.25, 0.3) is 0 Å². The minimum atomic E-state index is -2.50. The van der Waals surface area contributed by atoms with Crippen LogP contribution in [-0.2, 0) is 5.60 Å². The first kappa shape index (κ1) is 15.2. The second kappa shape index (κ2) is 4.68. The molecule has 112 valence electrons. The Morgan fingerprint density at radius 1 is 1.05 bits per heavy atom. The zero-order valence-corrected chi connectivity index (χ0v) is 11.6. The van der Waals surface area contributed by atoms with Crippen molar-refractivity contribution in [2.45, 2.75) is 36.4 Å². The molecule has 0 amide bonds. The number of rotatable bonds is 2. The normalized spacial score (nSPS) is 33.4. The highest BCUT2D eigenvalue weighted by molar-refractivity contribution is 5.36. The first-order chi connectivity index (χ1) is 9.15. The van der Waals surface area contributed by atoms with Gasteiger partial charge in [0.05, 0.1) is 0 Å². The van der Waals surface area contributed by atoms with Crippen molar-refractivity contribution in [3.8, 4) is 5.75 Å². The minimum absolute atomic E-state index is 0.0541. The largest absolute Gasteiger partial charge is 0.508 e. The molecule has 1 fully saturated rings. The van der Waals surface area contributed by atoms with Crippen LogP contribution in [0.4, 0.5) is 0 Å². The van der Waals surface area contributed by atoms with Crippen molar-refractivity contribution in [1.82, 2.24) is 4.90 Å². The SMILES string of the molecule is CN(C)[C@]1(O)CCCC(O)(O)[C@@]1(O)c1cccc(O)c1. The van der Waals surface area contributed by atoms with Crippen molar-refractivity contribution in [2.24, 2.45) is 0 Å². The van der Waals surface area contributed by atoms with Crippen molar-refractivity contribution < 1.29 is 25.5 Å². The lowest BCUT2D eigenvalue weighted by Crippen LogP contribution is -2.72. The third-order valence-electron chi connectivity index (χ3n) is 4.21. The minimum Gasteiger partial charge on any atom is -0.508 e. The summed E-state index contributed by atoms with van der Waals surface area (Å²) >= 11 is 0. The van der Waals surface area contributed by atoms with Crippen LogP contribution in [0, 0.1) is 0 Å². The molecule has 1 aromatic carbocycles. The summed E-state index contributed by atoms with van der Waals surface area (Å²) < 4.78 is 0. The molecule has 1 aliphatic rings. The number of nitrogens with zero attached hydrogens (tertiary/aromatic N) is 1. The van der Waals surface area contributed by atoms with Gasteiger partial charge in [-0.1, -0.05) is 12.1 Å². The van der Waals surface area contributed by atoms with Crippen LogP contribution in [0.2, 0.25) is 0 Å². The van der Waals surface area contributed by atoms with Crippen molar-refractivity contribution >= 4 is 0 Å². The van der Waals surface area contributed by atoms with Crippen LogP contribution >= 0.6 is 0 Å². The van der Waals surface area contributed by atoms with Gasteiger partial charge in [-0.15, -0.1) is 0 Å². The number of phenols is 1. The number of phenolic OH excluding ortho intramolecular Hbond substituents is 1. The van der Waals surface area contributed by atoms with Crippen LogP contribution in [0.1, 0.15) is 24.8 Å². The summed E-state index contributed by atoms with van der Waals surface area (Å²) in [6.45, 7) is 0. The zero-order valence-electron chi connectivity index (χ0n) is 11.6. The van der Waals surface area contributed by atoms with E-state index in [0.29, 0.717) is 6.42 Å². The van der Waals surface area contributed by atoms with E-state index in [2.05, 4.69) is 0 Å². The van der Waals surface area contributed by atoms with Crippen LogP contribution in [0.15, 0.2) is 24.3 Å². The van der Waals surface area contributed by atoms with Crippen LogP contribution in [-0.4, -0.2) is 56.0 Å². The van der Waals surface area contributed by atoms with Gasteiger partial charge < -0.3 is 25.5 Å². The molecule has 0 spiro atoms. The van der Waals surface area contributed by atoms with E-state index in [1.54, 1.807) is 14.1 Å². The maximum atomic E-state index is 11.0. The molecular formula is C14H21NO5. The van der Waals surface area contributed by atoms with E-state index in [-0.39, 0.29) is 24.2 Å². The van der Waals surface area contributed by atoms with Gasteiger partial charge in [-0.25, -0.2) is 0 Å². The quantitative estimate of drug-likeness (QED) is 0.477. The summed E-state index contributed by atoms with van der Waals surface area (Å²) in [7, 11) is 3.10. The summed E-state index contributed by atoms with van der Waals surface area (Å²) in [6, 6.07) is 5.55. The average Bonchev–Trinajstić information content (AvgIpc) is 2.35. The number of hydrogen-bond acceptors (Lipinski definition) is 6. The fourth-order valence-corrected chi connectivity index (χ4v) is 3.00. The van der Waals surface area contributed by atoms with Gasteiger partial charge >= 0.3 is 0 Å². The molecule has 0 bridgehead atoms. The molecule has 0 unspecified atom stereocenters. The molecule has 1 aliphatic carbocycles. The fourth-order valence-electron chi connectivity index (χ4n) is 3.00. The van der Waals surface area contributed by atoms with E-state index >= 15 is 0 Å². The Bertz CT molecular complexity index is 504. The van der Waals surface area contributed by atoms with Gasteiger partial charge in [-0.05, 0) is 44.6 Å². The van der Waals surface area contributed by atoms with Crippen LogP contribution in [0.3, 0.4) is 0 Å². The molecule has 1 aromatic rings. The molecule has 6 nitrogen and oxygen atoms in total. The van der Waals surface area contributed by atoms with Crippen LogP contribution in [0.25, 0.3) is 0 Å². The molecule has 5 N–H and O–H groups in total. The maximum absolute atomic E-state index is 11.0. The third-order valence-corrected chi connectivity index (χ3v) is 4.21. The molecule has 0 radical (unpaired) electrons. The molecule has 0 saturated heterocycles. The lowest BCUT2D eigenvalue weighted by Gasteiger charge is -2.55. The summed E-state index contributed by atoms with van der Waals surface area (Å²) in [5, 5.41) is 51.9. The Labute approximate surface area is 117 Å². The second-order valence-corrected chi connectivity index (χ2v) is 5.64. The average molecular weight is 283 g/mol. The van der Waals surface area contributed by atoms with Crippen LogP contribution in [0.5, 0.6) is 5.75 Å². The van der Waals surface area contributed by atoms with E-state index in [1.165, 1.54) is 29.2 Å². The van der Waals surface area contributed by atoms with Gasteiger partial charge in [0.2, 0.25) is 5.79 Å². The molecule has 2 rings (SSSR count). The molecule has 20 heavy (non-hydrogen) atoms. The predicted octanol–water partition coefficient (Wildman–Crippen LogP) is -0.305. The Kier molecular flexibility index (Phi) is 3.56. The van der Waals surface area contributed by atoms with E-state index in [0.717, 1.165) is 0 Å². The Hall–Kier alpha value is -1.18. The van der Waals surface area contributed by atoms with E-state index < -0.39 is 17.1 Å². The van der Waals surface area contributed by atoms with E-state index in [4.69, 9.17) is 0 Å². The smallest absolute Gasteiger partial charge is 0.201 e. The second-order valence-electron chi connectivity index (χ2n) is 5.64. The molecule has 6 heteroatoms. The van der Waals surface area contributed by atoms with Crippen molar-refractivity contribution in [1.29, 1.82) is 0 Å². The van der Waals surface area contributed by atoms with Gasteiger partial charge in [0, 0.05) is 6.42 Å². The summed E-state index contributed by atoms with van der Waals surface area (Å²) in [5.74, 6) is -2.63. The highest BCUT2D eigenvalue weighted by Gasteiger charge is 2.65. The first-order valence-electron chi connectivity index (χ1n) is 6.51. The molecule has 0 aliphatic heterocycles. The van der Waals surface area contributed by atoms with Gasteiger partial charge in [-0.2, -0.15) is 0 Å². The Balaban J connectivity index is 2.66. The molecule has 1 saturated carbocycles. The Morgan fingerprint density at radius 2 is 1.70 bits per heavy atom. The van der Waals surface area contributed by atoms with Crippen molar-refractivity contribution in [3.05, 3.63) is 29.8 Å². The topological polar surface area (TPSA) is 104 Å². The molecular weight excluding hydrogens is 262 g/mol. The first-order valence-corrected chi connectivity index (χ1v) is 6.51. The van der Waals surface area contributed by atoms with Crippen molar-refractivity contribution in [3.63, 3.8) is 0 Å². The van der Waals surface area contributed by atoms with Gasteiger partial charge in [0.15, 0.2) is 11.3 Å².